The molecule has 2 rings (SSSR count). The second-order valence-electron chi connectivity index (χ2n) is 4.05. The highest BCUT2D eigenvalue weighted by molar-refractivity contribution is 7.11. The molecule has 106 valence electrons. The zero-order chi connectivity index (χ0) is 14.7. The van der Waals surface area contributed by atoms with E-state index in [1.54, 1.807) is 12.1 Å². The third kappa shape index (κ3) is 3.33. The number of amides is 1. The lowest BCUT2D eigenvalue weighted by Crippen LogP contribution is -2.15. The summed E-state index contributed by atoms with van der Waals surface area (Å²) in [4.78, 5) is 11.3. The molecule has 1 aromatic heterocycles. The summed E-state index contributed by atoms with van der Waals surface area (Å²) in [6.07, 6.45) is 0.673. The van der Waals surface area contributed by atoms with Gasteiger partial charge in [0.1, 0.15) is 10.6 Å². The van der Waals surface area contributed by atoms with Crippen molar-refractivity contribution in [2.45, 2.75) is 6.42 Å². The van der Waals surface area contributed by atoms with Crippen molar-refractivity contribution in [1.82, 2.24) is 4.37 Å². The van der Waals surface area contributed by atoms with Gasteiger partial charge in [-0.3, -0.25) is 4.79 Å². The normalized spacial score (nSPS) is 10.5. The summed E-state index contributed by atoms with van der Waals surface area (Å²) in [6, 6.07) is 5.34. The van der Waals surface area contributed by atoms with Gasteiger partial charge in [0.05, 0.1) is 0 Å². The number of primary amides is 1. The van der Waals surface area contributed by atoms with Gasteiger partial charge in [-0.05, 0) is 35.6 Å². The molecule has 8 heteroatoms. The maximum Gasteiger partial charge on any atom is 0.255 e. The number of carbonyl (C=O) groups is 1. The van der Waals surface area contributed by atoms with E-state index in [0.717, 1.165) is 17.1 Å². The molecule has 0 unspecified atom stereocenters. The third-order valence-corrected chi connectivity index (χ3v) is 4.07. The van der Waals surface area contributed by atoms with E-state index in [4.69, 9.17) is 34.7 Å². The van der Waals surface area contributed by atoms with Gasteiger partial charge in [0.15, 0.2) is 5.82 Å². The van der Waals surface area contributed by atoms with Gasteiger partial charge < -0.3 is 16.8 Å². The lowest BCUT2D eigenvalue weighted by Gasteiger charge is -2.07. The summed E-state index contributed by atoms with van der Waals surface area (Å²) in [6.45, 7) is 0.573. The minimum atomic E-state index is -0.594. The summed E-state index contributed by atoms with van der Waals surface area (Å²) in [5, 5.41) is 4.86. The minimum Gasteiger partial charge on any atom is -0.382 e. The Bertz CT molecular complexity index is 644. The van der Waals surface area contributed by atoms with Gasteiger partial charge >= 0.3 is 0 Å². The van der Waals surface area contributed by atoms with Crippen LogP contribution in [0.5, 0.6) is 0 Å². The molecule has 0 radical (unpaired) electrons. The average molecular weight is 331 g/mol. The molecule has 5 nitrogen and oxygen atoms in total. The van der Waals surface area contributed by atoms with Crippen molar-refractivity contribution >= 4 is 51.5 Å². The van der Waals surface area contributed by atoms with Crippen LogP contribution >= 0.6 is 34.7 Å². The maximum absolute atomic E-state index is 11.3. The first-order valence-corrected chi connectivity index (χ1v) is 7.24. The smallest absolute Gasteiger partial charge is 0.255 e. The number of nitrogen functional groups attached to an aromatic ring is 1. The number of rotatable bonds is 5. The standard InChI is InChI=1S/C12H12Cl2N4OS/c13-7-2-1-6(8(14)5-7)3-4-17-12-9(11(16)19)10(15)18-20-12/h1-2,5,17H,3-4H2,(H2,15,18)(H2,16,19). The van der Waals surface area contributed by atoms with E-state index in [-0.39, 0.29) is 11.4 Å². The van der Waals surface area contributed by atoms with Crippen molar-refractivity contribution in [3.05, 3.63) is 39.4 Å². The highest BCUT2D eigenvalue weighted by atomic mass is 35.5. The number of nitrogens with two attached hydrogens (primary N) is 2. The van der Waals surface area contributed by atoms with Gasteiger partial charge in [-0.2, -0.15) is 4.37 Å². The molecule has 5 N–H and O–H groups in total. The number of carbonyl (C=O) groups excluding carboxylic acids is 1. The number of hydrogen-bond acceptors (Lipinski definition) is 5. The van der Waals surface area contributed by atoms with E-state index < -0.39 is 5.91 Å². The summed E-state index contributed by atoms with van der Waals surface area (Å²) >= 11 is 13.0. The number of anilines is 2. The largest absolute Gasteiger partial charge is 0.382 e. The zero-order valence-corrected chi connectivity index (χ0v) is 12.6. The third-order valence-electron chi connectivity index (χ3n) is 2.66. The van der Waals surface area contributed by atoms with E-state index in [0.29, 0.717) is 28.0 Å². The first kappa shape index (κ1) is 14.9. The predicted octanol–water partition coefficient (Wildman–Crippen LogP) is 2.79. The van der Waals surface area contributed by atoms with Crippen molar-refractivity contribution in [1.29, 1.82) is 0 Å². The van der Waals surface area contributed by atoms with Crippen LogP contribution in [0.4, 0.5) is 10.8 Å². The Balaban J connectivity index is 2.01. The Morgan fingerprint density at radius 2 is 2.15 bits per heavy atom. The SMILES string of the molecule is NC(=O)c1c(N)nsc1NCCc1ccc(Cl)cc1Cl. The van der Waals surface area contributed by atoms with Crippen molar-refractivity contribution in [3.63, 3.8) is 0 Å². The lowest BCUT2D eigenvalue weighted by molar-refractivity contribution is 0.100. The summed E-state index contributed by atoms with van der Waals surface area (Å²) in [5.41, 5.74) is 12.0. The molecule has 0 saturated carbocycles. The monoisotopic (exact) mass is 330 g/mol. The fraction of sp³-hybridized carbons (Fsp3) is 0.167. The molecule has 1 amide bonds. The van der Waals surface area contributed by atoms with Gasteiger partial charge in [0.25, 0.3) is 5.91 Å². The molecule has 0 aliphatic heterocycles. The molecular formula is C12H12Cl2N4OS. The maximum atomic E-state index is 11.3. The van der Waals surface area contributed by atoms with E-state index >= 15 is 0 Å². The molecule has 0 spiro atoms. The number of halogens is 2. The second kappa shape index (κ2) is 6.30. The summed E-state index contributed by atoms with van der Waals surface area (Å²) < 4.78 is 3.91. The quantitative estimate of drug-likeness (QED) is 0.785. The number of hydrogen-bond donors (Lipinski definition) is 3. The molecule has 0 saturated heterocycles. The zero-order valence-electron chi connectivity index (χ0n) is 10.3. The molecule has 0 aliphatic carbocycles. The minimum absolute atomic E-state index is 0.148. The van der Waals surface area contributed by atoms with E-state index in [1.807, 2.05) is 6.07 Å². The Kier molecular flexibility index (Phi) is 4.69. The van der Waals surface area contributed by atoms with E-state index in [1.165, 1.54) is 0 Å². The number of nitrogens with one attached hydrogen (secondary N) is 1. The van der Waals surface area contributed by atoms with Crippen molar-refractivity contribution in [2.24, 2.45) is 5.73 Å². The molecule has 0 fully saturated rings. The van der Waals surface area contributed by atoms with Crippen molar-refractivity contribution in [3.8, 4) is 0 Å². The Morgan fingerprint density at radius 1 is 1.40 bits per heavy atom. The van der Waals surface area contributed by atoms with Crippen LogP contribution < -0.4 is 16.8 Å². The summed E-state index contributed by atoms with van der Waals surface area (Å²) in [5.74, 6) is -0.446. The fourth-order valence-electron chi connectivity index (χ4n) is 1.70. The van der Waals surface area contributed by atoms with Crippen molar-refractivity contribution in [2.75, 3.05) is 17.6 Å². The van der Waals surface area contributed by atoms with Crippen LogP contribution in [0.3, 0.4) is 0 Å². The first-order chi connectivity index (χ1) is 9.49. The Morgan fingerprint density at radius 3 is 2.80 bits per heavy atom. The molecule has 1 aromatic carbocycles. The Labute approximate surface area is 130 Å². The van der Waals surface area contributed by atoms with Crippen LogP contribution in [0.2, 0.25) is 10.0 Å². The second-order valence-corrected chi connectivity index (χ2v) is 5.67. The number of benzene rings is 1. The molecule has 1 heterocycles. The number of nitrogens with zero attached hydrogens (tertiary/aromatic N) is 1. The molecule has 0 bridgehead atoms. The van der Waals surface area contributed by atoms with Crippen LogP contribution in [-0.4, -0.2) is 16.8 Å². The van der Waals surface area contributed by atoms with Crippen molar-refractivity contribution < 1.29 is 4.79 Å². The van der Waals surface area contributed by atoms with Crippen LogP contribution in [-0.2, 0) is 6.42 Å². The predicted molar refractivity (Wildman–Crippen MR) is 83.7 cm³/mol. The highest BCUT2D eigenvalue weighted by Crippen LogP contribution is 2.26. The molecule has 0 atom stereocenters. The van der Waals surface area contributed by atoms with Gasteiger partial charge in [0.2, 0.25) is 0 Å². The number of aromatic nitrogens is 1. The van der Waals surface area contributed by atoms with Gasteiger partial charge in [-0.25, -0.2) is 0 Å². The molecule has 2 aromatic rings. The van der Waals surface area contributed by atoms with Crippen LogP contribution in [0, 0.1) is 0 Å². The highest BCUT2D eigenvalue weighted by Gasteiger charge is 2.16. The van der Waals surface area contributed by atoms with Gasteiger partial charge in [-0.15, -0.1) is 0 Å². The fourth-order valence-corrected chi connectivity index (χ4v) is 2.94. The first-order valence-electron chi connectivity index (χ1n) is 5.71. The van der Waals surface area contributed by atoms with Crippen LogP contribution in [0.1, 0.15) is 15.9 Å². The lowest BCUT2D eigenvalue weighted by atomic mass is 10.1. The van der Waals surface area contributed by atoms with E-state index in [2.05, 4.69) is 9.69 Å². The molecule has 0 aliphatic rings. The topological polar surface area (TPSA) is 94.0 Å². The van der Waals surface area contributed by atoms with Crippen LogP contribution in [0.15, 0.2) is 18.2 Å². The van der Waals surface area contributed by atoms with Gasteiger partial charge in [-0.1, -0.05) is 29.3 Å². The molecule has 20 heavy (non-hydrogen) atoms. The summed E-state index contributed by atoms with van der Waals surface area (Å²) in [7, 11) is 0. The van der Waals surface area contributed by atoms with Gasteiger partial charge in [0, 0.05) is 16.6 Å². The average Bonchev–Trinajstić information content (AvgIpc) is 2.73. The van der Waals surface area contributed by atoms with Crippen LogP contribution in [0.25, 0.3) is 0 Å². The van der Waals surface area contributed by atoms with E-state index in [9.17, 15) is 4.79 Å². The molecular weight excluding hydrogens is 319 g/mol. The Hall–Kier alpha value is -1.50.